The number of carbonyl (C=O) groups excluding carboxylic acids is 2. The molecule has 2 amide bonds. The summed E-state index contributed by atoms with van der Waals surface area (Å²) in [6, 6.07) is 19.0. The molecule has 0 spiro atoms. The molecule has 2 aromatic heterocycles. The summed E-state index contributed by atoms with van der Waals surface area (Å²) in [7, 11) is 1.55. The molecule has 208 valence electrons. The predicted octanol–water partition coefficient (Wildman–Crippen LogP) is 4.97. The first-order chi connectivity index (χ1) is 19.8. The van der Waals surface area contributed by atoms with Gasteiger partial charge >= 0.3 is 0 Å². The van der Waals surface area contributed by atoms with E-state index < -0.39 is 17.7 Å². The summed E-state index contributed by atoms with van der Waals surface area (Å²) in [5.41, 5.74) is 11.2. The second-order valence-corrected chi connectivity index (χ2v) is 9.77. The fourth-order valence-corrected chi connectivity index (χ4v) is 5.01. The van der Waals surface area contributed by atoms with Gasteiger partial charge in [-0.2, -0.15) is 0 Å². The number of pyridine rings is 1. The molecular weight excluding hydrogens is 524 g/mol. The Morgan fingerprint density at radius 2 is 1.78 bits per heavy atom. The monoisotopic (exact) mass is 553 g/mol. The molecule has 5 rings (SSSR count). The second kappa shape index (κ2) is 12.1. The van der Waals surface area contributed by atoms with Gasteiger partial charge < -0.3 is 21.4 Å². The molecule has 0 radical (unpaired) electrons. The number of carbonyl (C=O) groups is 2. The van der Waals surface area contributed by atoms with Crippen LogP contribution in [0.3, 0.4) is 0 Å². The maximum Gasteiger partial charge on any atom is 0.251 e. The number of aromatic amines is 1. The molecule has 0 aliphatic rings. The van der Waals surface area contributed by atoms with Gasteiger partial charge in [0.2, 0.25) is 5.91 Å². The van der Waals surface area contributed by atoms with E-state index in [1.807, 2.05) is 30.3 Å². The summed E-state index contributed by atoms with van der Waals surface area (Å²) in [6.45, 7) is 0.378. The zero-order valence-corrected chi connectivity index (χ0v) is 22.4. The highest BCUT2D eigenvalue weighted by atomic mass is 19.1. The van der Waals surface area contributed by atoms with Crippen LogP contribution < -0.4 is 16.4 Å². The number of benzene rings is 3. The average Bonchev–Trinajstić information content (AvgIpc) is 3.37. The molecule has 0 fully saturated rings. The van der Waals surface area contributed by atoms with Gasteiger partial charge in [0.15, 0.2) is 0 Å². The van der Waals surface area contributed by atoms with E-state index in [4.69, 9.17) is 5.73 Å². The lowest BCUT2D eigenvalue weighted by molar-refractivity contribution is -0.121. The Balaban J connectivity index is 1.51. The first-order valence-electron chi connectivity index (χ1n) is 13.2. The quantitative estimate of drug-likeness (QED) is 0.206. The van der Waals surface area contributed by atoms with E-state index in [2.05, 4.69) is 20.6 Å². The van der Waals surface area contributed by atoms with Crippen molar-refractivity contribution in [2.24, 2.45) is 5.73 Å². The first kappa shape index (κ1) is 27.7. The number of aromatic nitrogens is 2. The number of fused-ring (bicyclic) bond motifs is 1. The smallest absolute Gasteiger partial charge is 0.251 e. The van der Waals surface area contributed by atoms with Crippen LogP contribution in [0.2, 0.25) is 0 Å². The molecule has 5 aromatic rings. The Labute approximate surface area is 235 Å². The average molecular weight is 554 g/mol. The summed E-state index contributed by atoms with van der Waals surface area (Å²) >= 11 is 0. The lowest BCUT2D eigenvalue weighted by Crippen LogP contribution is -2.32. The van der Waals surface area contributed by atoms with Crippen molar-refractivity contribution in [2.45, 2.75) is 25.4 Å². The zero-order valence-electron chi connectivity index (χ0n) is 22.4. The van der Waals surface area contributed by atoms with Crippen LogP contribution >= 0.6 is 0 Å². The minimum absolute atomic E-state index is 0.0658. The summed E-state index contributed by atoms with van der Waals surface area (Å²) in [4.78, 5) is 33.5. The van der Waals surface area contributed by atoms with Gasteiger partial charge in [-0.05, 0) is 71.1 Å². The molecule has 0 aliphatic carbocycles. The number of amides is 2. The summed E-state index contributed by atoms with van der Waals surface area (Å²) in [5, 5.41) is 6.56. The summed E-state index contributed by atoms with van der Waals surface area (Å²) < 4.78 is 28.2. The molecule has 2 heterocycles. The molecule has 1 atom stereocenters. The number of halogens is 2. The van der Waals surface area contributed by atoms with Gasteiger partial charge in [0, 0.05) is 54.1 Å². The SMILES string of the molecule is CNC(=O)c1cccc(-c2cccnc2[C@H](Cc2cc(F)cc(F)c2)NC(=O)Cc2c[nH]c3ccc(CN)cc23)c1. The van der Waals surface area contributed by atoms with E-state index in [9.17, 15) is 18.4 Å². The molecular formula is C32H29F2N5O2. The first-order valence-corrected chi connectivity index (χ1v) is 13.2. The van der Waals surface area contributed by atoms with Gasteiger partial charge in [-0.15, -0.1) is 0 Å². The Morgan fingerprint density at radius 1 is 0.976 bits per heavy atom. The van der Waals surface area contributed by atoms with E-state index >= 15 is 0 Å². The molecule has 9 heteroatoms. The van der Waals surface area contributed by atoms with E-state index in [1.54, 1.807) is 43.7 Å². The van der Waals surface area contributed by atoms with Crippen LogP contribution in [0.25, 0.3) is 22.0 Å². The van der Waals surface area contributed by atoms with Crippen molar-refractivity contribution < 1.29 is 18.4 Å². The molecule has 3 aromatic carbocycles. The second-order valence-electron chi connectivity index (χ2n) is 9.77. The molecule has 7 nitrogen and oxygen atoms in total. The van der Waals surface area contributed by atoms with Gasteiger partial charge in [-0.3, -0.25) is 14.6 Å². The van der Waals surface area contributed by atoms with Crippen LogP contribution in [0.15, 0.2) is 85.2 Å². The zero-order chi connectivity index (χ0) is 28.9. The fourth-order valence-electron chi connectivity index (χ4n) is 5.01. The Hall–Kier alpha value is -4.89. The largest absolute Gasteiger partial charge is 0.361 e. The number of hydrogen-bond donors (Lipinski definition) is 4. The van der Waals surface area contributed by atoms with E-state index in [0.29, 0.717) is 34.5 Å². The van der Waals surface area contributed by atoms with E-state index in [-0.39, 0.29) is 24.7 Å². The molecule has 5 N–H and O–H groups in total. The van der Waals surface area contributed by atoms with Crippen LogP contribution in [-0.4, -0.2) is 28.8 Å². The lowest BCUT2D eigenvalue weighted by Gasteiger charge is -2.22. The molecule has 0 unspecified atom stereocenters. The Bertz CT molecular complexity index is 1710. The predicted molar refractivity (Wildman–Crippen MR) is 154 cm³/mol. The summed E-state index contributed by atoms with van der Waals surface area (Å²) in [5.74, 6) is -1.95. The third kappa shape index (κ3) is 6.31. The summed E-state index contributed by atoms with van der Waals surface area (Å²) in [6.07, 6.45) is 3.54. The van der Waals surface area contributed by atoms with Gasteiger partial charge in [0.25, 0.3) is 5.91 Å². The fraction of sp³-hybridized carbons (Fsp3) is 0.156. The third-order valence-corrected chi connectivity index (χ3v) is 6.95. The van der Waals surface area contributed by atoms with Crippen LogP contribution in [0, 0.1) is 11.6 Å². The minimum atomic E-state index is -0.728. The standard InChI is InChI=1S/C32H29F2N5O2/c1-36-32(41)22-5-2-4-21(14-22)26-6-3-9-37-31(26)29(13-20-10-24(33)16-25(34)11-20)39-30(40)15-23-18-38-28-8-7-19(17-35)12-27(23)28/h2-12,14,16,18,29,38H,13,15,17,35H2,1H3,(H,36,41)(H,39,40)/t29-/m0/s1. The number of nitrogens with one attached hydrogen (secondary N) is 3. The maximum atomic E-state index is 14.1. The normalized spacial score (nSPS) is 11.8. The molecule has 41 heavy (non-hydrogen) atoms. The minimum Gasteiger partial charge on any atom is -0.361 e. The topological polar surface area (TPSA) is 113 Å². The maximum absolute atomic E-state index is 14.1. The van der Waals surface area contributed by atoms with Crippen molar-refractivity contribution in [3.63, 3.8) is 0 Å². The van der Waals surface area contributed by atoms with Gasteiger partial charge in [0.1, 0.15) is 11.6 Å². The van der Waals surface area contributed by atoms with Crippen molar-refractivity contribution >= 4 is 22.7 Å². The van der Waals surface area contributed by atoms with Crippen LogP contribution in [0.5, 0.6) is 0 Å². The van der Waals surface area contributed by atoms with Crippen molar-refractivity contribution in [1.82, 2.24) is 20.6 Å². The van der Waals surface area contributed by atoms with Gasteiger partial charge in [-0.1, -0.05) is 24.3 Å². The number of rotatable bonds is 9. The van der Waals surface area contributed by atoms with E-state index in [1.165, 1.54) is 12.1 Å². The molecule has 0 saturated heterocycles. The number of H-pyrrole nitrogens is 1. The van der Waals surface area contributed by atoms with E-state index in [0.717, 1.165) is 28.1 Å². The van der Waals surface area contributed by atoms with Crippen molar-refractivity contribution in [2.75, 3.05) is 7.05 Å². The lowest BCUT2D eigenvalue weighted by atomic mass is 9.94. The van der Waals surface area contributed by atoms with Crippen molar-refractivity contribution in [3.05, 3.63) is 125 Å². The number of hydrogen-bond acceptors (Lipinski definition) is 4. The third-order valence-electron chi connectivity index (χ3n) is 6.95. The molecule has 0 saturated carbocycles. The van der Waals surface area contributed by atoms with Crippen molar-refractivity contribution in [1.29, 1.82) is 0 Å². The highest BCUT2D eigenvalue weighted by Crippen LogP contribution is 2.30. The Morgan fingerprint density at radius 3 is 2.54 bits per heavy atom. The highest BCUT2D eigenvalue weighted by molar-refractivity contribution is 5.95. The highest BCUT2D eigenvalue weighted by Gasteiger charge is 2.22. The van der Waals surface area contributed by atoms with Crippen LogP contribution in [0.4, 0.5) is 8.78 Å². The number of nitrogens with zero attached hydrogens (tertiary/aromatic N) is 1. The molecule has 0 bridgehead atoms. The van der Waals surface area contributed by atoms with Crippen LogP contribution in [0.1, 0.15) is 38.8 Å². The van der Waals surface area contributed by atoms with Crippen LogP contribution in [-0.2, 0) is 24.2 Å². The molecule has 0 aliphatic heterocycles. The number of nitrogens with two attached hydrogens (primary N) is 1. The van der Waals surface area contributed by atoms with Gasteiger partial charge in [0.05, 0.1) is 18.2 Å². The van der Waals surface area contributed by atoms with Gasteiger partial charge in [-0.25, -0.2) is 8.78 Å². The van der Waals surface area contributed by atoms with Crippen molar-refractivity contribution in [3.8, 4) is 11.1 Å². The Kier molecular flexibility index (Phi) is 8.16.